The fourth-order valence-electron chi connectivity index (χ4n) is 1.99. The van der Waals surface area contributed by atoms with Gasteiger partial charge in [0.2, 0.25) is 0 Å². The van der Waals surface area contributed by atoms with Crippen molar-refractivity contribution < 1.29 is 13.6 Å². The van der Waals surface area contributed by atoms with Gasteiger partial charge in [0.1, 0.15) is 11.6 Å². The smallest absolute Gasteiger partial charge is 0.256 e. The molecule has 1 heterocycles. The lowest BCUT2D eigenvalue weighted by molar-refractivity contribution is 0.0738. The predicted octanol–water partition coefficient (Wildman–Crippen LogP) is 1.82. The van der Waals surface area contributed by atoms with E-state index in [2.05, 4.69) is 5.32 Å². The molecule has 6 heteroatoms. The molecule has 0 saturated carbocycles. The largest absolute Gasteiger partial charge is 0.337 e. The third-order valence-corrected chi connectivity index (χ3v) is 3.06. The van der Waals surface area contributed by atoms with Crippen molar-refractivity contribution in [3.63, 3.8) is 0 Å². The Hall–Kier alpha value is -1.20. The van der Waals surface area contributed by atoms with Crippen LogP contribution in [0.25, 0.3) is 0 Å². The minimum atomic E-state index is -0.686. The third kappa shape index (κ3) is 2.97. The Morgan fingerprint density at radius 2 is 2.17 bits per heavy atom. The Morgan fingerprint density at radius 3 is 2.78 bits per heavy atom. The Bertz CT molecular complexity index is 436. The van der Waals surface area contributed by atoms with Gasteiger partial charge in [-0.15, -0.1) is 12.4 Å². The first kappa shape index (κ1) is 14.9. The van der Waals surface area contributed by atoms with Gasteiger partial charge in [-0.25, -0.2) is 8.78 Å². The maximum Gasteiger partial charge on any atom is 0.256 e. The average Bonchev–Trinajstić information content (AvgIpc) is 2.84. The summed E-state index contributed by atoms with van der Waals surface area (Å²) >= 11 is 0. The molecule has 0 bridgehead atoms. The van der Waals surface area contributed by atoms with E-state index in [9.17, 15) is 13.6 Å². The molecule has 1 saturated heterocycles. The fraction of sp³-hybridized carbons (Fsp3) is 0.417. The minimum absolute atomic E-state index is 0. The van der Waals surface area contributed by atoms with E-state index in [1.54, 1.807) is 7.05 Å². The van der Waals surface area contributed by atoms with Crippen LogP contribution in [0.5, 0.6) is 0 Å². The highest BCUT2D eigenvalue weighted by Gasteiger charge is 2.25. The van der Waals surface area contributed by atoms with Gasteiger partial charge < -0.3 is 10.2 Å². The van der Waals surface area contributed by atoms with E-state index in [1.807, 2.05) is 0 Å². The highest BCUT2D eigenvalue weighted by Crippen LogP contribution is 2.15. The Balaban J connectivity index is 0.00000162. The number of nitrogens with one attached hydrogen (secondary N) is 1. The summed E-state index contributed by atoms with van der Waals surface area (Å²) in [7, 11) is 1.62. The Morgan fingerprint density at radius 1 is 1.44 bits per heavy atom. The number of carbonyl (C=O) groups excluding carboxylic acids is 1. The van der Waals surface area contributed by atoms with E-state index in [4.69, 9.17) is 0 Å². The molecule has 0 spiro atoms. The molecule has 100 valence electrons. The van der Waals surface area contributed by atoms with Crippen LogP contribution in [0.15, 0.2) is 18.2 Å². The quantitative estimate of drug-likeness (QED) is 0.894. The third-order valence-electron chi connectivity index (χ3n) is 3.06. The zero-order valence-electron chi connectivity index (χ0n) is 9.95. The number of likely N-dealkylation sites (N-methyl/N-ethyl adjacent to an activating group) is 1. The van der Waals surface area contributed by atoms with Gasteiger partial charge in [-0.1, -0.05) is 0 Å². The summed E-state index contributed by atoms with van der Waals surface area (Å²) in [5, 5.41) is 3.12. The van der Waals surface area contributed by atoms with Gasteiger partial charge in [0.15, 0.2) is 0 Å². The molecule has 0 aliphatic carbocycles. The topological polar surface area (TPSA) is 32.3 Å². The molecule has 1 aliphatic rings. The summed E-state index contributed by atoms with van der Waals surface area (Å²) < 4.78 is 26.4. The van der Waals surface area contributed by atoms with E-state index in [-0.39, 0.29) is 24.0 Å². The van der Waals surface area contributed by atoms with Crippen molar-refractivity contribution in [3.05, 3.63) is 35.4 Å². The second-order valence-corrected chi connectivity index (χ2v) is 4.19. The lowest BCUT2D eigenvalue weighted by Gasteiger charge is -2.23. The van der Waals surface area contributed by atoms with Crippen LogP contribution in [0, 0.1) is 11.6 Å². The Kier molecular flexibility index (Phi) is 5.04. The maximum absolute atomic E-state index is 13.4. The fourth-order valence-corrected chi connectivity index (χ4v) is 1.99. The first-order valence-electron chi connectivity index (χ1n) is 5.52. The zero-order chi connectivity index (χ0) is 12.4. The van der Waals surface area contributed by atoms with Crippen molar-refractivity contribution in [2.24, 2.45) is 0 Å². The average molecular weight is 277 g/mol. The number of halogens is 3. The molecule has 1 atom stereocenters. The van der Waals surface area contributed by atoms with Crippen LogP contribution in [-0.2, 0) is 0 Å². The molecular weight excluding hydrogens is 262 g/mol. The van der Waals surface area contributed by atoms with Crippen LogP contribution in [0.4, 0.5) is 8.78 Å². The van der Waals surface area contributed by atoms with Crippen molar-refractivity contribution in [3.8, 4) is 0 Å². The van der Waals surface area contributed by atoms with Crippen molar-refractivity contribution in [1.29, 1.82) is 0 Å². The van der Waals surface area contributed by atoms with Crippen LogP contribution in [0.3, 0.4) is 0 Å². The van der Waals surface area contributed by atoms with Crippen molar-refractivity contribution in [2.75, 3.05) is 20.1 Å². The first-order chi connectivity index (χ1) is 8.09. The lowest BCUT2D eigenvalue weighted by Crippen LogP contribution is -2.38. The van der Waals surface area contributed by atoms with E-state index in [0.29, 0.717) is 6.54 Å². The summed E-state index contributed by atoms with van der Waals surface area (Å²) in [4.78, 5) is 13.5. The molecule has 1 aliphatic heterocycles. The molecule has 2 rings (SSSR count). The molecule has 1 fully saturated rings. The normalized spacial score (nSPS) is 18.3. The molecule has 1 aromatic rings. The minimum Gasteiger partial charge on any atom is -0.337 e. The molecule has 0 radical (unpaired) electrons. The van der Waals surface area contributed by atoms with Crippen molar-refractivity contribution >= 4 is 18.3 Å². The molecule has 1 aromatic carbocycles. The lowest BCUT2D eigenvalue weighted by atomic mass is 10.1. The second-order valence-electron chi connectivity index (χ2n) is 4.19. The molecule has 1 N–H and O–H groups in total. The number of hydrogen-bond acceptors (Lipinski definition) is 2. The molecule has 3 nitrogen and oxygen atoms in total. The number of amides is 1. The van der Waals surface area contributed by atoms with Gasteiger partial charge in [0, 0.05) is 19.6 Å². The number of benzene rings is 1. The van der Waals surface area contributed by atoms with Gasteiger partial charge in [0.05, 0.1) is 5.56 Å². The van der Waals surface area contributed by atoms with Gasteiger partial charge >= 0.3 is 0 Å². The monoisotopic (exact) mass is 276 g/mol. The molecule has 1 amide bonds. The van der Waals surface area contributed by atoms with Gasteiger partial charge in [-0.05, 0) is 31.2 Å². The van der Waals surface area contributed by atoms with Crippen LogP contribution < -0.4 is 5.32 Å². The summed E-state index contributed by atoms with van der Waals surface area (Å²) in [6.45, 7) is 1.53. The van der Waals surface area contributed by atoms with Crippen LogP contribution in [-0.4, -0.2) is 37.0 Å². The molecule has 18 heavy (non-hydrogen) atoms. The van der Waals surface area contributed by atoms with E-state index >= 15 is 0 Å². The summed E-state index contributed by atoms with van der Waals surface area (Å²) in [5.74, 6) is -1.77. The molecule has 0 aromatic heterocycles. The highest BCUT2D eigenvalue weighted by molar-refractivity contribution is 5.94. The molecule has 0 unspecified atom stereocenters. The Labute approximate surface area is 111 Å². The standard InChI is InChI=1S/C12H14F2N2O.ClH/c1-16(9-4-5-15-7-9)12(17)10-6-8(13)2-3-11(10)14;/h2-3,6,9,15H,4-5,7H2,1H3;1H/t9-;/m1./s1. The molecular formula is C12H15ClF2N2O. The maximum atomic E-state index is 13.4. The second kappa shape index (κ2) is 6.11. The first-order valence-corrected chi connectivity index (χ1v) is 5.52. The van der Waals surface area contributed by atoms with Crippen LogP contribution in [0.2, 0.25) is 0 Å². The van der Waals surface area contributed by atoms with E-state index < -0.39 is 17.5 Å². The van der Waals surface area contributed by atoms with E-state index in [0.717, 1.165) is 31.2 Å². The van der Waals surface area contributed by atoms with E-state index in [1.165, 1.54) is 4.90 Å². The van der Waals surface area contributed by atoms with Crippen molar-refractivity contribution in [1.82, 2.24) is 10.2 Å². The zero-order valence-corrected chi connectivity index (χ0v) is 10.8. The predicted molar refractivity (Wildman–Crippen MR) is 67.0 cm³/mol. The number of nitrogens with zero attached hydrogens (tertiary/aromatic N) is 1. The SMILES string of the molecule is CN(C(=O)c1cc(F)ccc1F)[C@@H]1CCNC1.Cl. The summed E-state index contributed by atoms with van der Waals surface area (Å²) in [6.07, 6.45) is 0.833. The van der Waals surface area contributed by atoms with Crippen molar-refractivity contribution in [2.45, 2.75) is 12.5 Å². The van der Waals surface area contributed by atoms with Gasteiger partial charge in [-0.3, -0.25) is 4.79 Å². The number of carbonyl (C=O) groups is 1. The van der Waals surface area contributed by atoms with Crippen LogP contribution in [0.1, 0.15) is 16.8 Å². The summed E-state index contributed by atoms with van der Waals surface area (Å²) in [6, 6.07) is 2.97. The highest BCUT2D eigenvalue weighted by atomic mass is 35.5. The van der Waals surface area contributed by atoms with Gasteiger partial charge in [0.25, 0.3) is 5.91 Å². The van der Waals surface area contributed by atoms with Crippen LogP contribution >= 0.6 is 12.4 Å². The number of rotatable bonds is 2. The van der Waals surface area contributed by atoms with Gasteiger partial charge in [-0.2, -0.15) is 0 Å². The number of hydrogen-bond donors (Lipinski definition) is 1. The summed E-state index contributed by atoms with van der Waals surface area (Å²) in [5.41, 5.74) is -0.209.